The predicted octanol–water partition coefficient (Wildman–Crippen LogP) is 1.94. The molecule has 0 aliphatic heterocycles. The fourth-order valence-electron chi connectivity index (χ4n) is 2.06. The van der Waals surface area contributed by atoms with Gasteiger partial charge in [-0.15, -0.1) is 0 Å². The molecule has 1 aliphatic carbocycles. The minimum atomic E-state index is 0.125. The summed E-state index contributed by atoms with van der Waals surface area (Å²) in [5, 5.41) is 11.9. The van der Waals surface area contributed by atoms with E-state index in [1.54, 1.807) is 6.20 Å². The molecule has 1 fully saturated rings. The Morgan fingerprint density at radius 3 is 3.00 bits per heavy atom. The first-order chi connectivity index (χ1) is 8.77. The predicted molar refractivity (Wildman–Crippen MR) is 72.0 cm³/mol. The van der Waals surface area contributed by atoms with Gasteiger partial charge in [0.2, 0.25) is 0 Å². The SMILES string of the molecule is CCCCN(c1ncccc1C(N)=NO)C1CC1. The number of nitrogens with zero attached hydrogens (tertiary/aromatic N) is 3. The number of nitrogens with two attached hydrogens (primary N) is 1. The minimum Gasteiger partial charge on any atom is -0.409 e. The fourth-order valence-corrected chi connectivity index (χ4v) is 2.06. The number of oxime groups is 1. The number of aromatic nitrogens is 1. The Labute approximate surface area is 107 Å². The second-order valence-corrected chi connectivity index (χ2v) is 4.64. The number of anilines is 1. The van der Waals surface area contributed by atoms with Crippen LogP contribution in [0.25, 0.3) is 0 Å². The Bertz CT molecular complexity index is 429. The summed E-state index contributed by atoms with van der Waals surface area (Å²) >= 11 is 0. The summed E-state index contributed by atoms with van der Waals surface area (Å²) in [6, 6.07) is 4.22. The molecule has 98 valence electrons. The van der Waals surface area contributed by atoms with Gasteiger partial charge in [-0.25, -0.2) is 4.98 Å². The standard InChI is InChI=1S/C13H20N4O/c1-2-3-9-17(10-6-7-10)13-11(12(14)16-18)5-4-8-15-13/h4-5,8,10,18H,2-3,6-7,9H2,1H3,(H2,14,16). The highest BCUT2D eigenvalue weighted by molar-refractivity contribution is 6.01. The van der Waals surface area contributed by atoms with Crippen LogP contribution in [0, 0.1) is 0 Å². The molecular weight excluding hydrogens is 228 g/mol. The maximum Gasteiger partial charge on any atom is 0.173 e. The Hall–Kier alpha value is -1.78. The van der Waals surface area contributed by atoms with Crippen LogP contribution in [-0.4, -0.2) is 28.6 Å². The largest absolute Gasteiger partial charge is 0.409 e. The third kappa shape index (κ3) is 2.72. The molecule has 3 N–H and O–H groups in total. The van der Waals surface area contributed by atoms with E-state index >= 15 is 0 Å². The van der Waals surface area contributed by atoms with E-state index in [2.05, 4.69) is 22.0 Å². The Balaban J connectivity index is 2.28. The summed E-state index contributed by atoms with van der Waals surface area (Å²) < 4.78 is 0. The first kappa shape index (κ1) is 12.7. The molecule has 5 heteroatoms. The van der Waals surface area contributed by atoms with Gasteiger partial charge in [0.1, 0.15) is 5.82 Å². The maximum absolute atomic E-state index is 8.84. The van der Waals surface area contributed by atoms with E-state index in [0.29, 0.717) is 11.6 Å². The van der Waals surface area contributed by atoms with Crippen molar-refractivity contribution < 1.29 is 5.21 Å². The van der Waals surface area contributed by atoms with Gasteiger partial charge in [0, 0.05) is 18.8 Å². The van der Waals surface area contributed by atoms with E-state index in [9.17, 15) is 0 Å². The molecule has 0 bridgehead atoms. The normalized spacial score (nSPS) is 15.7. The van der Waals surface area contributed by atoms with Crippen molar-refractivity contribution in [2.24, 2.45) is 10.9 Å². The third-order valence-corrected chi connectivity index (χ3v) is 3.18. The molecule has 0 atom stereocenters. The molecule has 0 saturated heterocycles. The molecule has 1 aromatic heterocycles. The molecule has 0 spiro atoms. The lowest BCUT2D eigenvalue weighted by molar-refractivity contribution is 0.318. The van der Waals surface area contributed by atoms with Crippen molar-refractivity contribution in [2.75, 3.05) is 11.4 Å². The molecule has 0 unspecified atom stereocenters. The maximum atomic E-state index is 8.84. The molecule has 0 aromatic carbocycles. The van der Waals surface area contributed by atoms with Gasteiger partial charge in [-0.2, -0.15) is 0 Å². The van der Waals surface area contributed by atoms with Crippen molar-refractivity contribution in [1.82, 2.24) is 4.98 Å². The average molecular weight is 248 g/mol. The van der Waals surface area contributed by atoms with Crippen molar-refractivity contribution in [2.45, 2.75) is 38.6 Å². The van der Waals surface area contributed by atoms with Gasteiger partial charge in [-0.1, -0.05) is 18.5 Å². The van der Waals surface area contributed by atoms with Crippen LogP contribution in [-0.2, 0) is 0 Å². The number of hydrogen-bond donors (Lipinski definition) is 2. The van der Waals surface area contributed by atoms with Crippen LogP contribution in [0.15, 0.2) is 23.5 Å². The first-order valence-electron chi connectivity index (χ1n) is 6.47. The molecular formula is C13H20N4O. The van der Waals surface area contributed by atoms with Crippen molar-refractivity contribution >= 4 is 11.7 Å². The molecule has 0 amide bonds. The number of rotatable bonds is 6. The second kappa shape index (κ2) is 5.71. The quantitative estimate of drug-likeness (QED) is 0.349. The molecule has 18 heavy (non-hydrogen) atoms. The summed E-state index contributed by atoms with van der Waals surface area (Å²) in [4.78, 5) is 6.70. The molecule has 1 heterocycles. The van der Waals surface area contributed by atoms with Crippen LogP contribution < -0.4 is 10.6 Å². The highest BCUT2D eigenvalue weighted by Gasteiger charge is 2.31. The van der Waals surface area contributed by atoms with Gasteiger partial charge in [0.15, 0.2) is 5.84 Å². The number of unbranched alkanes of at least 4 members (excludes halogenated alkanes) is 1. The number of amidine groups is 1. The zero-order valence-corrected chi connectivity index (χ0v) is 10.7. The smallest absolute Gasteiger partial charge is 0.173 e. The molecule has 5 nitrogen and oxygen atoms in total. The lowest BCUT2D eigenvalue weighted by Gasteiger charge is -2.25. The van der Waals surface area contributed by atoms with E-state index in [1.807, 2.05) is 12.1 Å². The van der Waals surface area contributed by atoms with Gasteiger partial charge >= 0.3 is 0 Å². The van der Waals surface area contributed by atoms with Crippen molar-refractivity contribution in [3.8, 4) is 0 Å². The zero-order chi connectivity index (χ0) is 13.0. The Morgan fingerprint density at radius 1 is 1.61 bits per heavy atom. The molecule has 2 rings (SSSR count). The second-order valence-electron chi connectivity index (χ2n) is 4.64. The summed E-state index contributed by atoms with van der Waals surface area (Å²) in [7, 11) is 0. The van der Waals surface area contributed by atoms with E-state index in [4.69, 9.17) is 10.9 Å². The fraction of sp³-hybridized carbons (Fsp3) is 0.538. The monoisotopic (exact) mass is 248 g/mol. The van der Waals surface area contributed by atoms with Gasteiger partial charge in [0.25, 0.3) is 0 Å². The number of hydrogen-bond acceptors (Lipinski definition) is 4. The highest BCUT2D eigenvalue weighted by atomic mass is 16.4. The van der Waals surface area contributed by atoms with Crippen LogP contribution >= 0.6 is 0 Å². The Kier molecular flexibility index (Phi) is 4.02. The van der Waals surface area contributed by atoms with E-state index in [0.717, 1.165) is 25.2 Å². The van der Waals surface area contributed by atoms with Crippen molar-refractivity contribution in [3.05, 3.63) is 23.9 Å². The Morgan fingerprint density at radius 2 is 2.39 bits per heavy atom. The van der Waals surface area contributed by atoms with Gasteiger partial charge in [-0.3, -0.25) is 0 Å². The topological polar surface area (TPSA) is 74.7 Å². The van der Waals surface area contributed by atoms with Crippen LogP contribution in [0.5, 0.6) is 0 Å². The van der Waals surface area contributed by atoms with Crippen molar-refractivity contribution in [1.29, 1.82) is 0 Å². The van der Waals surface area contributed by atoms with Gasteiger partial charge in [-0.05, 0) is 31.4 Å². The molecule has 0 radical (unpaired) electrons. The van der Waals surface area contributed by atoms with Crippen LogP contribution in [0.2, 0.25) is 0 Å². The lowest BCUT2D eigenvalue weighted by Crippen LogP contribution is -2.30. The molecule has 1 saturated carbocycles. The molecule has 1 aliphatic rings. The van der Waals surface area contributed by atoms with Crippen LogP contribution in [0.1, 0.15) is 38.2 Å². The summed E-state index contributed by atoms with van der Waals surface area (Å²) in [5.41, 5.74) is 6.43. The minimum absolute atomic E-state index is 0.125. The highest BCUT2D eigenvalue weighted by Crippen LogP contribution is 2.32. The lowest BCUT2D eigenvalue weighted by atomic mass is 10.2. The summed E-state index contributed by atoms with van der Waals surface area (Å²) in [6.45, 7) is 3.15. The van der Waals surface area contributed by atoms with Gasteiger partial charge in [0.05, 0.1) is 5.56 Å². The average Bonchev–Trinajstić information content (AvgIpc) is 3.23. The first-order valence-corrected chi connectivity index (χ1v) is 6.47. The van der Waals surface area contributed by atoms with E-state index < -0.39 is 0 Å². The van der Waals surface area contributed by atoms with Crippen LogP contribution in [0.3, 0.4) is 0 Å². The van der Waals surface area contributed by atoms with E-state index in [1.165, 1.54) is 12.8 Å². The van der Waals surface area contributed by atoms with Crippen molar-refractivity contribution in [3.63, 3.8) is 0 Å². The summed E-state index contributed by atoms with van der Waals surface area (Å²) in [5.74, 6) is 0.962. The zero-order valence-electron chi connectivity index (χ0n) is 10.7. The summed E-state index contributed by atoms with van der Waals surface area (Å²) in [6.07, 6.45) is 6.44. The molecule has 1 aromatic rings. The number of pyridine rings is 1. The van der Waals surface area contributed by atoms with E-state index in [-0.39, 0.29) is 5.84 Å². The van der Waals surface area contributed by atoms with Gasteiger partial charge < -0.3 is 15.8 Å². The van der Waals surface area contributed by atoms with Crippen LogP contribution in [0.4, 0.5) is 5.82 Å². The third-order valence-electron chi connectivity index (χ3n) is 3.18.